The number of carbonyl (C=O) groups is 1. The Bertz CT molecular complexity index is 534. The highest BCUT2D eigenvalue weighted by Gasteiger charge is 2.20. The van der Waals surface area contributed by atoms with Gasteiger partial charge < -0.3 is 5.11 Å². The SMILES string of the molecule is CC(CC(=O)O)S(=O)Cc1ccc(Br)cc1[N+](=O)[O-]. The van der Waals surface area contributed by atoms with E-state index in [0.29, 0.717) is 10.0 Å². The first kappa shape index (κ1) is 15.8. The van der Waals surface area contributed by atoms with E-state index in [0.717, 1.165) is 0 Å². The second-order valence-electron chi connectivity index (χ2n) is 3.96. The van der Waals surface area contributed by atoms with Gasteiger partial charge in [0.25, 0.3) is 5.69 Å². The van der Waals surface area contributed by atoms with Crippen LogP contribution in [-0.2, 0) is 21.3 Å². The lowest BCUT2D eigenvalue weighted by atomic mass is 10.2. The second-order valence-corrected chi connectivity index (χ2v) is 6.73. The van der Waals surface area contributed by atoms with E-state index in [9.17, 15) is 19.1 Å². The lowest BCUT2D eigenvalue weighted by Gasteiger charge is -2.09. The highest BCUT2D eigenvalue weighted by Crippen LogP contribution is 2.25. The van der Waals surface area contributed by atoms with Gasteiger partial charge in [-0.05, 0) is 6.07 Å². The van der Waals surface area contributed by atoms with Gasteiger partial charge in [-0.15, -0.1) is 0 Å². The van der Waals surface area contributed by atoms with E-state index in [2.05, 4.69) is 15.9 Å². The number of nitro groups is 1. The summed E-state index contributed by atoms with van der Waals surface area (Å²) in [7, 11) is -1.47. The molecule has 0 saturated heterocycles. The van der Waals surface area contributed by atoms with Crippen molar-refractivity contribution in [2.75, 3.05) is 0 Å². The molecule has 0 aliphatic heterocycles. The third-order valence-electron chi connectivity index (χ3n) is 2.45. The normalized spacial score (nSPS) is 13.8. The Morgan fingerprint density at radius 2 is 2.21 bits per heavy atom. The van der Waals surface area contributed by atoms with Gasteiger partial charge in [0.1, 0.15) is 0 Å². The molecule has 8 heteroatoms. The quantitative estimate of drug-likeness (QED) is 0.628. The van der Waals surface area contributed by atoms with Crippen LogP contribution in [-0.4, -0.2) is 25.5 Å². The van der Waals surface area contributed by atoms with Crippen molar-refractivity contribution in [2.24, 2.45) is 0 Å². The predicted molar refractivity (Wildman–Crippen MR) is 74.4 cm³/mol. The van der Waals surface area contributed by atoms with Gasteiger partial charge in [0.05, 0.1) is 17.1 Å². The molecule has 0 radical (unpaired) electrons. The van der Waals surface area contributed by atoms with Gasteiger partial charge in [-0.25, -0.2) is 0 Å². The summed E-state index contributed by atoms with van der Waals surface area (Å²) in [5.41, 5.74) is 0.217. The first-order chi connectivity index (χ1) is 8.81. The first-order valence-electron chi connectivity index (χ1n) is 5.33. The molecule has 1 N–H and O–H groups in total. The molecular weight excluding hydrogens is 338 g/mol. The Balaban J connectivity index is 2.90. The number of hydrogen-bond donors (Lipinski definition) is 1. The largest absolute Gasteiger partial charge is 0.481 e. The third-order valence-corrected chi connectivity index (χ3v) is 4.61. The molecule has 0 bridgehead atoms. The zero-order chi connectivity index (χ0) is 14.6. The summed E-state index contributed by atoms with van der Waals surface area (Å²) in [4.78, 5) is 20.9. The van der Waals surface area contributed by atoms with Crippen LogP contribution < -0.4 is 0 Å². The number of nitro benzene ring substituents is 1. The molecule has 0 aromatic heterocycles. The molecule has 104 valence electrons. The van der Waals surface area contributed by atoms with Gasteiger partial charge in [0.15, 0.2) is 0 Å². The lowest BCUT2D eigenvalue weighted by Crippen LogP contribution is -2.17. The maximum atomic E-state index is 11.9. The zero-order valence-electron chi connectivity index (χ0n) is 10.0. The van der Waals surface area contributed by atoms with Crippen LogP contribution in [0.25, 0.3) is 0 Å². The van der Waals surface area contributed by atoms with Gasteiger partial charge in [-0.2, -0.15) is 0 Å². The molecule has 6 nitrogen and oxygen atoms in total. The van der Waals surface area contributed by atoms with Crippen molar-refractivity contribution in [2.45, 2.75) is 24.3 Å². The maximum Gasteiger partial charge on any atom is 0.304 e. The molecule has 0 aliphatic rings. The molecule has 0 amide bonds. The fourth-order valence-electron chi connectivity index (χ4n) is 1.46. The van der Waals surface area contributed by atoms with Crippen molar-refractivity contribution in [3.8, 4) is 0 Å². The maximum absolute atomic E-state index is 11.9. The molecule has 1 aromatic rings. The van der Waals surface area contributed by atoms with Gasteiger partial charge in [-0.3, -0.25) is 19.1 Å². The fraction of sp³-hybridized carbons (Fsp3) is 0.364. The molecular formula is C11H12BrNO5S. The van der Waals surface area contributed by atoms with E-state index in [-0.39, 0.29) is 17.9 Å². The minimum Gasteiger partial charge on any atom is -0.481 e. The van der Waals surface area contributed by atoms with Crippen LogP contribution in [0.2, 0.25) is 0 Å². The summed E-state index contributed by atoms with van der Waals surface area (Å²) in [5.74, 6) is -1.07. The average Bonchev–Trinajstić information content (AvgIpc) is 2.30. The van der Waals surface area contributed by atoms with Gasteiger partial charge in [0, 0.05) is 32.2 Å². The number of rotatable bonds is 6. The molecule has 2 unspecified atom stereocenters. The van der Waals surface area contributed by atoms with Crippen molar-refractivity contribution < 1.29 is 19.0 Å². The highest BCUT2D eigenvalue weighted by atomic mass is 79.9. The fourth-order valence-corrected chi connectivity index (χ4v) is 2.98. The van der Waals surface area contributed by atoms with Crippen LogP contribution in [0.5, 0.6) is 0 Å². The van der Waals surface area contributed by atoms with E-state index < -0.39 is 26.9 Å². The first-order valence-corrected chi connectivity index (χ1v) is 7.50. The van der Waals surface area contributed by atoms with Crippen LogP contribution in [0.15, 0.2) is 22.7 Å². The van der Waals surface area contributed by atoms with Crippen LogP contribution >= 0.6 is 15.9 Å². The molecule has 2 atom stereocenters. The third kappa shape index (κ3) is 4.71. The topological polar surface area (TPSA) is 97.5 Å². The number of hydrogen-bond acceptors (Lipinski definition) is 4. The van der Waals surface area contributed by atoms with E-state index in [1.807, 2.05) is 0 Å². The van der Waals surface area contributed by atoms with Crippen molar-refractivity contribution in [3.63, 3.8) is 0 Å². The molecule has 0 spiro atoms. The van der Waals surface area contributed by atoms with Crippen LogP contribution in [0, 0.1) is 10.1 Å². The van der Waals surface area contributed by atoms with E-state index in [1.54, 1.807) is 13.0 Å². The number of benzene rings is 1. The van der Waals surface area contributed by atoms with Crippen LogP contribution in [0.1, 0.15) is 18.9 Å². The number of aliphatic carboxylic acids is 1. The standard InChI is InChI=1S/C11H12BrNO5S/c1-7(4-11(14)15)19(18)6-8-2-3-9(12)5-10(8)13(16)17/h2-3,5,7H,4,6H2,1H3,(H,14,15). The number of nitrogens with zero attached hydrogens (tertiary/aromatic N) is 1. The second kappa shape index (κ2) is 6.76. The summed E-state index contributed by atoms with van der Waals surface area (Å²) >= 11 is 3.13. The van der Waals surface area contributed by atoms with E-state index in [4.69, 9.17) is 5.11 Å². The molecule has 0 saturated carbocycles. The van der Waals surface area contributed by atoms with E-state index >= 15 is 0 Å². The molecule has 0 heterocycles. The van der Waals surface area contributed by atoms with Gasteiger partial charge in [0.2, 0.25) is 0 Å². The summed E-state index contributed by atoms with van der Waals surface area (Å²) in [5, 5.41) is 19.0. The Morgan fingerprint density at radius 1 is 1.58 bits per heavy atom. The predicted octanol–water partition coefficient (Wildman–Crippen LogP) is 2.47. The summed E-state index contributed by atoms with van der Waals surface area (Å²) in [6.07, 6.45) is -0.225. The number of carboxylic acid groups (broad SMARTS) is 1. The van der Waals surface area contributed by atoms with Crippen LogP contribution in [0.4, 0.5) is 5.69 Å². The molecule has 0 fully saturated rings. The minimum atomic E-state index is -1.47. The zero-order valence-corrected chi connectivity index (χ0v) is 12.4. The summed E-state index contributed by atoms with van der Waals surface area (Å²) in [6.45, 7) is 1.55. The van der Waals surface area contributed by atoms with Crippen molar-refractivity contribution in [1.29, 1.82) is 0 Å². The molecule has 0 aliphatic carbocycles. The summed E-state index contributed by atoms with van der Waals surface area (Å²) in [6, 6.07) is 4.49. The van der Waals surface area contributed by atoms with Crippen molar-refractivity contribution in [1.82, 2.24) is 0 Å². The Labute approximate surface area is 120 Å². The molecule has 1 aromatic carbocycles. The lowest BCUT2D eigenvalue weighted by molar-refractivity contribution is -0.385. The van der Waals surface area contributed by atoms with Crippen molar-refractivity contribution >= 4 is 38.4 Å². The summed E-state index contributed by atoms with van der Waals surface area (Å²) < 4.78 is 12.5. The van der Waals surface area contributed by atoms with Crippen LogP contribution in [0.3, 0.4) is 0 Å². The van der Waals surface area contributed by atoms with E-state index in [1.165, 1.54) is 12.1 Å². The minimum absolute atomic E-state index is 0.0297. The Kier molecular flexibility index (Phi) is 5.61. The Hall–Kier alpha value is -1.28. The Morgan fingerprint density at radius 3 is 2.74 bits per heavy atom. The average molecular weight is 350 g/mol. The smallest absolute Gasteiger partial charge is 0.304 e. The number of carboxylic acids is 1. The molecule has 19 heavy (non-hydrogen) atoms. The van der Waals surface area contributed by atoms with Gasteiger partial charge >= 0.3 is 5.97 Å². The van der Waals surface area contributed by atoms with Crippen molar-refractivity contribution in [3.05, 3.63) is 38.3 Å². The van der Waals surface area contributed by atoms with Gasteiger partial charge in [-0.1, -0.05) is 28.9 Å². The number of halogens is 1. The highest BCUT2D eigenvalue weighted by molar-refractivity contribution is 9.10. The monoisotopic (exact) mass is 349 g/mol. The molecule has 1 rings (SSSR count).